The van der Waals surface area contributed by atoms with Gasteiger partial charge < -0.3 is 5.11 Å². The third kappa shape index (κ3) is 3.92. The maximum absolute atomic E-state index is 13.9. The van der Waals surface area contributed by atoms with Gasteiger partial charge >= 0.3 is 5.91 Å². The van der Waals surface area contributed by atoms with Crippen molar-refractivity contribution < 1.29 is 23.7 Å². The number of hydrogen-bond donors (Lipinski definition) is 0. The second-order valence-electron chi connectivity index (χ2n) is 9.45. The molecule has 0 N–H and O–H groups in total. The third-order valence-electron chi connectivity index (χ3n) is 6.77. The van der Waals surface area contributed by atoms with Crippen molar-refractivity contribution in [3.8, 4) is 11.6 Å². The van der Waals surface area contributed by atoms with Crippen molar-refractivity contribution in [2.45, 2.75) is 58.9 Å². The van der Waals surface area contributed by atoms with E-state index in [1.54, 1.807) is 23.9 Å². The predicted molar refractivity (Wildman–Crippen MR) is 126 cm³/mol. The van der Waals surface area contributed by atoms with Gasteiger partial charge in [-0.2, -0.15) is 9.67 Å². The van der Waals surface area contributed by atoms with Crippen molar-refractivity contribution in [1.29, 1.82) is 0 Å². The number of hydrogen-bond acceptors (Lipinski definition) is 4. The molecule has 180 valence electrons. The summed E-state index contributed by atoms with van der Waals surface area (Å²) in [7, 11) is 0. The predicted octanol–water partition coefficient (Wildman–Crippen LogP) is 3.37. The lowest BCUT2D eigenvalue weighted by atomic mass is 9.94. The molecule has 1 aliphatic heterocycles. The number of rotatable bonds is 4. The molecule has 35 heavy (non-hydrogen) atoms. The zero-order valence-corrected chi connectivity index (χ0v) is 20.0. The van der Waals surface area contributed by atoms with E-state index in [4.69, 9.17) is 0 Å². The second-order valence-corrected chi connectivity index (χ2v) is 9.45. The fourth-order valence-electron chi connectivity index (χ4n) is 5.26. The third-order valence-corrected chi connectivity index (χ3v) is 6.77. The summed E-state index contributed by atoms with van der Waals surface area (Å²) in [6.45, 7) is 5.48. The van der Waals surface area contributed by atoms with Crippen LogP contribution >= 0.6 is 0 Å². The molecule has 1 aromatic carbocycles. The summed E-state index contributed by atoms with van der Waals surface area (Å²) in [5.41, 5.74) is 2.92. The highest BCUT2D eigenvalue weighted by Gasteiger charge is 2.49. The van der Waals surface area contributed by atoms with Crippen LogP contribution in [0.3, 0.4) is 0 Å². The van der Waals surface area contributed by atoms with E-state index in [-0.39, 0.29) is 28.8 Å². The van der Waals surface area contributed by atoms with E-state index in [0.29, 0.717) is 11.4 Å². The minimum absolute atomic E-state index is 0.0754. The Labute approximate surface area is 203 Å². The zero-order chi connectivity index (χ0) is 24.9. The minimum atomic E-state index is -0.516. The van der Waals surface area contributed by atoms with Gasteiger partial charge in [-0.25, -0.2) is 9.07 Å². The molecule has 2 amide bonds. The molecule has 0 atom stereocenters. The lowest BCUT2D eigenvalue weighted by Crippen LogP contribution is -2.45. The number of imide groups is 1. The molecule has 8 heteroatoms. The van der Waals surface area contributed by atoms with Gasteiger partial charge in [0, 0.05) is 22.7 Å². The second kappa shape index (κ2) is 8.76. The van der Waals surface area contributed by atoms with Crippen LogP contribution in [-0.4, -0.2) is 32.5 Å². The summed E-state index contributed by atoms with van der Waals surface area (Å²) in [5, 5.41) is 18.0. The van der Waals surface area contributed by atoms with Gasteiger partial charge in [0.1, 0.15) is 11.4 Å². The molecule has 3 aromatic rings. The molecule has 2 aliphatic rings. The van der Waals surface area contributed by atoms with Gasteiger partial charge in [0.15, 0.2) is 12.4 Å². The number of carbonyl (C=O) groups is 2. The molecule has 0 bridgehead atoms. The molecular weight excluding hydrogens is 447 g/mol. The van der Waals surface area contributed by atoms with Gasteiger partial charge in [0.2, 0.25) is 0 Å². The first kappa shape index (κ1) is 23.0. The monoisotopic (exact) mass is 474 g/mol. The van der Waals surface area contributed by atoms with E-state index in [1.807, 2.05) is 19.9 Å². The molecule has 0 radical (unpaired) electrons. The topological polar surface area (TPSA) is 82.1 Å². The Morgan fingerprint density at radius 3 is 2.23 bits per heavy atom. The number of halogens is 1. The van der Waals surface area contributed by atoms with Crippen LogP contribution in [0.15, 0.2) is 42.7 Å². The molecule has 2 aromatic heterocycles. The summed E-state index contributed by atoms with van der Waals surface area (Å²) >= 11 is 0. The highest BCUT2D eigenvalue weighted by molar-refractivity contribution is 6.45. The zero-order valence-electron chi connectivity index (χ0n) is 20.0. The molecule has 0 unspecified atom stereocenters. The van der Waals surface area contributed by atoms with Crippen LogP contribution in [0, 0.1) is 26.6 Å². The number of nitrogens with zero attached hydrogens (tertiary/aromatic N) is 4. The number of aryl methyl sites for hydroxylation is 3. The molecule has 7 nitrogen and oxygen atoms in total. The standard InChI is InChI=1S/C27H27FN4O3/c1-16-13-17(2)15-30(14-16)24-23(25(33)31(27(24)35)20-7-5-4-6-8-20)22-18(3)29-32(26(22)34)21-11-9-19(28)10-12-21/h9-15,20H,4-8H2,1-3H3. The lowest BCUT2D eigenvalue weighted by molar-refractivity contribution is -0.577. The van der Waals surface area contributed by atoms with Crippen LogP contribution in [-0.2, 0) is 9.59 Å². The Morgan fingerprint density at radius 1 is 0.971 bits per heavy atom. The van der Waals surface area contributed by atoms with E-state index in [1.165, 1.54) is 29.2 Å². The SMILES string of the molecule is Cc1cc(C)c[n+](C2=C(c3c(C)nn(-c4ccc(F)cc4)c3[O-])C(=O)N(C3CCCCC3)C2=O)c1. The average molecular weight is 475 g/mol. The van der Waals surface area contributed by atoms with Gasteiger partial charge in [-0.3, -0.25) is 14.5 Å². The molecule has 0 saturated heterocycles. The summed E-state index contributed by atoms with van der Waals surface area (Å²) in [4.78, 5) is 29.0. The van der Waals surface area contributed by atoms with E-state index < -0.39 is 17.6 Å². The van der Waals surface area contributed by atoms with Gasteiger partial charge in [-0.05, 0) is 69.8 Å². The molecule has 0 spiro atoms. The highest BCUT2D eigenvalue weighted by atomic mass is 19.1. The molecule has 1 aliphatic carbocycles. The van der Waals surface area contributed by atoms with Crippen LogP contribution in [0.4, 0.5) is 4.39 Å². The fraction of sp³-hybridized carbons (Fsp3) is 0.333. The normalized spacial score (nSPS) is 17.1. The molecule has 3 heterocycles. The van der Waals surface area contributed by atoms with Gasteiger partial charge in [-0.15, -0.1) is 0 Å². The van der Waals surface area contributed by atoms with Crippen LogP contribution in [0.25, 0.3) is 17.0 Å². The first-order valence-electron chi connectivity index (χ1n) is 11.9. The van der Waals surface area contributed by atoms with Crippen molar-refractivity contribution >= 4 is 23.1 Å². The van der Waals surface area contributed by atoms with Crippen molar-refractivity contribution in [3.63, 3.8) is 0 Å². The van der Waals surface area contributed by atoms with Crippen LogP contribution in [0.2, 0.25) is 0 Å². The summed E-state index contributed by atoms with van der Waals surface area (Å²) < 4.78 is 16.3. The fourth-order valence-corrected chi connectivity index (χ4v) is 5.26. The maximum Gasteiger partial charge on any atom is 0.327 e. The molecule has 1 saturated carbocycles. The summed E-state index contributed by atoms with van der Waals surface area (Å²) in [5.74, 6) is -1.79. The van der Waals surface area contributed by atoms with Crippen LogP contribution in [0.5, 0.6) is 5.88 Å². The van der Waals surface area contributed by atoms with Gasteiger partial charge in [-0.1, -0.05) is 19.3 Å². The highest BCUT2D eigenvalue weighted by Crippen LogP contribution is 2.39. The number of amides is 2. The molecule has 5 rings (SSSR count). The van der Waals surface area contributed by atoms with Crippen LogP contribution < -0.4 is 9.67 Å². The Kier molecular flexibility index (Phi) is 5.75. The van der Waals surface area contributed by atoms with E-state index in [9.17, 15) is 19.1 Å². The smallest absolute Gasteiger partial charge is 0.327 e. The van der Waals surface area contributed by atoms with Gasteiger partial charge in [0.25, 0.3) is 11.6 Å². The van der Waals surface area contributed by atoms with Gasteiger partial charge in [0.05, 0.1) is 11.4 Å². The Morgan fingerprint density at radius 2 is 1.60 bits per heavy atom. The van der Waals surface area contributed by atoms with Crippen molar-refractivity contribution in [3.05, 3.63) is 70.9 Å². The first-order chi connectivity index (χ1) is 16.8. The first-order valence-corrected chi connectivity index (χ1v) is 11.9. The molecule has 1 fully saturated rings. The number of benzene rings is 1. The van der Waals surface area contributed by atoms with Crippen molar-refractivity contribution in [2.24, 2.45) is 0 Å². The Hall–Kier alpha value is -3.81. The van der Waals surface area contributed by atoms with E-state index >= 15 is 0 Å². The van der Waals surface area contributed by atoms with Crippen LogP contribution in [0.1, 0.15) is 54.5 Å². The Balaban J connectivity index is 1.72. The summed E-state index contributed by atoms with van der Waals surface area (Å²) in [6.07, 6.45) is 8.10. The van der Waals surface area contributed by atoms with E-state index in [0.717, 1.165) is 47.9 Å². The van der Waals surface area contributed by atoms with Crippen molar-refractivity contribution in [2.75, 3.05) is 0 Å². The minimum Gasteiger partial charge on any atom is -0.858 e. The quantitative estimate of drug-likeness (QED) is 0.429. The number of pyridine rings is 1. The largest absolute Gasteiger partial charge is 0.858 e. The van der Waals surface area contributed by atoms with E-state index in [2.05, 4.69) is 5.10 Å². The van der Waals surface area contributed by atoms with Crippen molar-refractivity contribution in [1.82, 2.24) is 14.7 Å². The average Bonchev–Trinajstić information content (AvgIpc) is 3.25. The maximum atomic E-state index is 13.9. The number of aromatic nitrogens is 3. The Bertz CT molecular complexity index is 1350. The molecular formula is C27H27FN4O3. The number of carbonyl (C=O) groups excluding carboxylic acids is 2. The summed E-state index contributed by atoms with van der Waals surface area (Å²) in [6, 6.07) is 7.19. The lowest BCUT2D eigenvalue weighted by Gasteiger charge is -2.29.